The Morgan fingerprint density at radius 1 is 1.56 bits per heavy atom. The number of carbonyl (C=O) groups is 1. The molecule has 1 unspecified atom stereocenters. The summed E-state index contributed by atoms with van der Waals surface area (Å²) in [7, 11) is -1.27. The van der Waals surface area contributed by atoms with Crippen LogP contribution < -0.4 is 0 Å². The van der Waals surface area contributed by atoms with E-state index in [1.54, 1.807) is 0 Å². The van der Waals surface area contributed by atoms with Gasteiger partial charge in [0, 0.05) is 11.6 Å². The Bertz CT molecular complexity index is 294. The van der Waals surface area contributed by atoms with Crippen molar-refractivity contribution in [1.82, 2.24) is 4.57 Å². The fourth-order valence-electron chi connectivity index (χ4n) is 2.58. The van der Waals surface area contributed by atoms with Gasteiger partial charge >= 0.3 is 5.97 Å². The van der Waals surface area contributed by atoms with E-state index in [-0.39, 0.29) is 0 Å². The van der Waals surface area contributed by atoms with Crippen molar-refractivity contribution in [3.8, 4) is 0 Å². The quantitative estimate of drug-likeness (QED) is 0.769. The minimum atomic E-state index is -1.27. The Hall–Kier alpha value is -0.613. The van der Waals surface area contributed by atoms with Crippen molar-refractivity contribution >= 4 is 14.2 Å². The summed E-state index contributed by atoms with van der Waals surface area (Å²) in [5.74, 6) is -0.741. The second-order valence-electron chi connectivity index (χ2n) is 5.42. The number of carboxylic acid groups (broad SMARTS) is 1. The molecular formula is C12H23NO2Si. The van der Waals surface area contributed by atoms with E-state index < -0.39 is 14.2 Å². The Balaban J connectivity index is 2.69. The van der Waals surface area contributed by atoms with Gasteiger partial charge in [0.2, 0.25) is 0 Å². The van der Waals surface area contributed by atoms with Gasteiger partial charge in [-0.2, -0.15) is 0 Å². The molecule has 0 radical (unpaired) electrons. The van der Waals surface area contributed by atoms with Crippen molar-refractivity contribution in [2.45, 2.75) is 51.9 Å². The predicted octanol–water partition coefficient (Wildman–Crippen LogP) is 2.71. The zero-order valence-corrected chi connectivity index (χ0v) is 11.8. The maximum absolute atomic E-state index is 10.8. The first kappa shape index (κ1) is 13.5. The maximum Gasteiger partial charge on any atom is 0.331 e. The number of hydrogen-bond acceptors (Lipinski definition) is 2. The molecule has 3 nitrogen and oxygen atoms in total. The predicted molar refractivity (Wildman–Crippen MR) is 69.1 cm³/mol. The van der Waals surface area contributed by atoms with Gasteiger partial charge in [0.05, 0.1) is 0 Å². The summed E-state index contributed by atoms with van der Waals surface area (Å²) in [4.78, 5) is 10.8. The highest BCUT2D eigenvalue weighted by molar-refractivity contribution is 6.73. The fourth-order valence-corrected chi connectivity index (χ4v) is 4.86. The lowest BCUT2D eigenvalue weighted by molar-refractivity contribution is -0.132. The zero-order chi connectivity index (χ0) is 12.3. The molecule has 0 aromatic rings. The number of carboxylic acids is 1. The summed E-state index contributed by atoms with van der Waals surface area (Å²) in [6, 6.07) is 0.555. The summed E-state index contributed by atoms with van der Waals surface area (Å²) in [6.07, 6.45) is 4.54. The molecule has 1 atom stereocenters. The molecule has 92 valence electrons. The maximum atomic E-state index is 10.8. The van der Waals surface area contributed by atoms with E-state index in [0.29, 0.717) is 11.6 Å². The van der Waals surface area contributed by atoms with E-state index in [9.17, 15) is 4.79 Å². The van der Waals surface area contributed by atoms with E-state index >= 15 is 0 Å². The van der Waals surface area contributed by atoms with Crippen LogP contribution in [0.4, 0.5) is 0 Å². The molecule has 1 aliphatic carbocycles. The summed E-state index contributed by atoms with van der Waals surface area (Å²) < 4.78 is 2.60. The monoisotopic (exact) mass is 241 g/mol. The average molecular weight is 241 g/mol. The number of rotatable bonds is 4. The first-order valence-corrected chi connectivity index (χ1v) is 9.50. The molecule has 0 saturated carbocycles. The van der Waals surface area contributed by atoms with Crippen molar-refractivity contribution in [2.24, 2.45) is 0 Å². The standard InChI is InChI=1S/C12H23NO2Si/c1-5-13(16(2,3)4)11-8-6-10(7-9-11)12(14)15/h6,11H,5,7-9H2,1-4H3,(H,14,15). The lowest BCUT2D eigenvalue weighted by Gasteiger charge is -2.41. The van der Waals surface area contributed by atoms with Gasteiger partial charge in [-0.15, -0.1) is 0 Å². The first-order chi connectivity index (χ1) is 7.36. The van der Waals surface area contributed by atoms with Crippen LogP contribution in [-0.2, 0) is 4.79 Å². The summed E-state index contributed by atoms with van der Waals surface area (Å²) >= 11 is 0. The van der Waals surface area contributed by atoms with Gasteiger partial charge < -0.3 is 9.67 Å². The highest BCUT2D eigenvalue weighted by Gasteiger charge is 2.30. The van der Waals surface area contributed by atoms with Gasteiger partial charge in [0.1, 0.15) is 8.24 Å². The number of aliphatic carboxylic acids is 1. The molecule has 0 spiro atoms. The molecule has 1 rings (SSSR count). The van der Waals surface area contributed by atoms with Crippen LogP contribution in [0.15, 0.2) is 11.6 Å². The van der Waals surface area contributed by atoms with E-state index in [0.717, 1.165) is 25.8 Å². The molecule has 4 heteroatoms. The average Bonchev–Trinajstić information content (AvgIpc) is 2.17. The van der Waals surface area contributed by atoms with E-state index in [1.165, 1.54) is 0 Å². The number of hydrogen-bond donors (Lipinski definition) is 1. The zero-order valence-electron chi connectivity index (χ0n) is 10.8. The lowest BCUT2D eigenvalue weighted by atomic mass is 9.95. The number of nitrogens with zero attached hydrogens (tertiary/aromatic N) is 1. The molecule has 0 amide bonds. The van der Waals surface area contributed by atoms with Crippen LogP contribution in [0.1, 0.15) is 26.2 Å². The highest BCUT2D eigenvalue weighted by Crippen LogP contribution is 2.26. The Morgan fingerprint density at radius 2 is 2.19 bits per heavy atom. The smallest absolute Gasteiger partial charge is 0.331 e. The largest absolute Gasteiger partial charge is 0.478 e. The minimum Gasteiger partial charge on any atom is -0.478 e. The molecule has 0 fully saturated rings. The second kappa shape index (κ2) is 5.14. The molecule has 1 aliphatic rings. The van der Waals surface area contributed by atoms with Crippen molar-refractivity contribution < 1.29 is 9.90 Å². The van der Waals surface area contributed by atoms with Gasteiger partial charge in [0.25, 0.3) is 0 Å². The SMILES string of the molecule is CCN(C1CC=C(C(=O)O)CC1)[Si](C)(C)C. The molecule has 16 heavy (non-hydrogen) atoms. The Morgan fingerprint density at radius 3 is 2.50 bits per heavy atom. The van der Waals surface area contributed by atoms with Gasteiger partial charge in [-0.3, -0.25) is 0 Å². The lowest BCUT2D eigenvalue weighted by Crippen LogP contribution is -2.52. The Kier molecular flexibility index (Phi) is 4.33. The molecular weight excluding hydrogens is 218 g/mol. The molecule has 1 N–H and O–H groups in total. The third-order valence-electron chi connectivity index (χ3n) is 3.30. The third-order valence-corrected chi connectivity index (χ3v) is 5.71. The molecule has 0 heterocycles. The van der Waals surface area contributed by atoms with Crippen LogP contribution >= 0.6 is 0 Å². The summed E-state index contributed by atoms with van der Waals surface area (Å²) in [5, 5.41) is 8.91. The topological polar surface area (TPSA) is 40.5 Å². The van der Waals surface area contributed by atoms with Crippen molar-refractivity contribution in [3.05, 3.63) is 11.6 Å². The van der Waals surface area contributed by atoms with Crippen molar-refractivity contribution in [3.63, 3.8) is 0 Å². The van der Waals surface area contributed by atoms with Crippen LogP contribution in [0.5, 0.6) is 0 Å². The molecule has 0 bridgehead atoms. The minimum absolute atomic E-state index is 0.555. The van der Waals surface area contributed by atoms with Gasteiger partial charge in [-0.05, 0) is 25.8 Å². The van der Waals surface area contributed by atoms with Crippen LogP contribution in [0.2, 0.25) is 19.6 Å². The van der Waals surface area contributed by atoms with Crippen LogP contribution in [0, 0.1) is 0 Å². The van der Waals surface area contributed by atoms with E-state index in [2.05, 4.69) is 31.1 Å². The second-order valence-corrected chi connectivity index (χ2v) is 10.3. The molecule has 0 aromatic carbocycles. The van der Waals surface area contributed by atoms with Gasteiger partial charge in [-0.25, -0.2) is 4.79 Å². The molecule has 0 aromatic heterocycles. The van der Waals surface area contributed by atoms with Crippen LogP contribution in [0.3, 0.4) is 0 Å². The van der Waals surface area contributed by atoms with E-state index in [4.69, 9.17) is 5.11 Å². The first-order valence-electron chi connectivity index (χ1n) is 6.05. The molecule has 0 aliphatic heterocycles. The van der Waals surface area contributed by atoms with Crippen molar-refractivity contribution in [1.29, 1.82) is 0 Å². The van der Waals surface area contributed by atoms with Gasteiger partial charge in [0.15, 0.2) is 0 Å². The highest BCUT2D eigenvalue weighted by atomic mass is 28.3. The molecule has 0 saturated heterocycles. The third kappa shape index (κ3) is 3.19. The summed E-state index contributed by atoms with van der Waals surface area (Å²) in [5.41, 5.74) is 0.600. The Labute approximate surface area is 99.2 Å². The van der Waals surface area contributed by atoms with Gasteiger partial charge in [-0.1, -0.05) is 32.6 Å². The van der Waals surface area contributed by atoms with Crippen LogP contribution in [0.25, 0.3) is 0 Å². The van der Waals surface area contributed by atoms with E-state index in [1.807, 2.05) is 6.08 Å². The van der Waals surface area contributed by atoms with Crippen LogP contribution in [-0.4, -0.2) is 36.5 Å². The summed E-state index contributed by atoms with van der Waals surface area (Å²) in [6.45, 7) is 10.3. The van der Waals surface area contributed by atoms with Crippen molar-refractivity contribution in [2.75, 3.05) is 6.54 Å². The fraction of sp³-hybridized carbons (Fsp3) is 0.750. The normalized spacial score (nSPS) is 22.1.